The van der Waals surface area contributed by atoms with E-state index in [4.69, 9.17) is 4.74 Å². The molecule has 0 aliphatic carbocycles. The van der Waals surface area contributed by atoms with Crippen molar-refractivity contribution in [2.24, 2.45) is 0 Å². The average molecular weight is 266 g/mol. The SMILES string of the molecule is CCCC(=O)C[C@@H](O)CCc1ccc(O)c(OC)c1. The number of ether oxygens (including phenoxy) is 1. The lowest BCUT2D eigenvalue weighted by Crippen LogP contribution is -2.14. The van der Waals surface area contributed by atoms with Crippen LogP contribution in [0.3, 0.4) is 0 Å². The molecule has 0 aliphatic heterocycles. The Morgan fingerprint density at radius 1 is 1.42 bits per heavy atom. The largest absolute Gasteiger partial charge is 0.504 e. The van der Waals surface area contributed by atoms with Gasteiger partial charge in [-0.05, 0) is 37.0 Å². The van der Waals surface area contributed by atoms with Gasteiger partial charge in [-0.1, -0.05) is 13.0 Å². The smallest absolute Gasteiger partial charge is 0.160 e. The number of phenolic OH excluding ortho intramolecular Hbond substituents is 1. The van der Waals surface area contributed by atoms with Crippen molar-refractivity contribution in [3.05, 3.63) is 23.8 Å². The summed E-state index contributed by atoms with van der Waals surface area (Å²) in [5.74, 6) is 0.636. The van der Waals surface area contributed by atoms with Crippen molar-refractivity contribution in [2.45, 2.75) is 45.1 Å². The van der Waals surface area contributed by atoms with Crippen LogP contribution >= 0.6 is 0 Å². The van der Waals surface area contributed by atoms with Gasteiger partial charge in [0.2, 0.25) is 0 Å². The van der Waals surface area contributed by atoms with E-state index in [1.165, 1.54) is 7.11 Å². The lowest BCUT2D eigenvalue weighted by molar-refractivity contribution is -0.121. The molecule has 1 aromatic carbocycles. The van der Waals surface area contributed by atoms with Crippen molar-refractivity contribution in [2.75, 3.05) is 7.11 Å². The summed E-state index contributed by atoms with van der Waals surface area (Å²) >= 11 is 0. The summed E-state index contributed by atoms with van der Waals surface area (Å²) in [5, 5.41) is 19.3. The van der Waals surface area contributed by atoms with E-state index in [1.807, 2.05) is 6.92 Å². The highest BCUT2D eigenvalue weighted by Gasteiger charge is 2.11. The fourth-order valence-corrected chi connectivity index (χ4v) is 1.96. The Hall–Kier alpha value is -1.55. The molecule has 1 aromatic rings. The second kappa shape index (κ2) is 7.79. The molecule has 0 unspecified atom stereocenters. The molecular weight excluding hydrogens is 244 g/mol. The van der Waals surface area contributed by atoms with Crippen molar-refractivity contribution >= 4 is 5.78 Å². The number of carbonyl (C=O) groups excluding carboxylic acids is 1. The average Bonchev–Trinajstić information content (AvgIpc) is 2.38. The number of carbonyl (C=O) groups is 1. The number of rotatable bonds is 8. The first-order chi connectivity index (χ1) is 9.06. The highest BCUT2D eigenvalue weighted by Crippen LogP contribution is 2.26. The maximum absolute atomic E-state index is 11.4. The molecular formula is C15H22O4. The highest BCUT2D eigenvalue weighted by atomic mass is 16.5. The monoisotopic (exact) mass is 266 g/mol. The van der Waals surface area contributed by atoms with Crippen LogP contribution in [-0.4, -0.2) is 29.2 Å². The van der Waals surface area contributed by atoms with E-state index in [-0.39, 0.29) is 18.0 Å². The van der Waals surface area contributed by atoms with Crippen LogP contribution in [0.4, 0.5) is 0 Å². The fourth-order valence-electron chi connectivity index (χ4n) is 1.96. The van der Waals surface area contributed by atoms with Crippen molar-refractivity contribution in [3.8, 4) is 11.5 Å². The maximum atomic E-state index is 11.4. The highest BCUT2D eigenvalue weighted by molar-refractivity contribution is 5.78. The Morgan fingerprint density at radius 2 is 2.16 bits per heavy atom. The number of phenols is 1. The van der Waals surface area contributed by atoms with Crippen molar-refractivity contribution in [1.29, 1.82) is 0 Å². The summed E-state index contributed by atoms with van der Waals surface area (Å²) in [6.45, 7) is 1.95. The molecule has 4 nitrogen and oxygen atoms in total. The molecule has 0 aromatic heterocycles. The number of methoxy groups -OCH3 is 1. The molecule has 4 heteroatoms. The first kappa shape index (κ1) is 15.5. The van der Waals surface area contributed by atoms with E-state index in [9.17, 15) is 15.0 Å². The van der Waals surface area contributed by atoms with Crippen molar-refractivity contribution in [3.63, 3.8) is 0 Å². The number of benzene rings is 1. The lowest BCUT2D eigenvalue weighted by Gasteiger charge is -2.10. The van der Waals surface area contributed by atoms with Crippen LogP contribution in [0.5, 0.6) is 11.5 Å². The van der Waals surface area contributed by atoms with Crippen LogP contribution in [0, 0.1) is 0 Å². The van der Waals surface area contributed by atoms with Gasteiger partial charge in [-0.2, -0.15) is 0 Å². The summed E-state index contributed by atoms with van der Waals surface area (Å²) in [7, 11) is 1.50. The van der Waals surface area contributed by atoms with E-state index in [2.05, 4.69) is 0 Å². The normalized spacial score (nSPS) is 12.2. The van der Waals surface area contributed by atoms with E-state index >= 15 is 0 Å². The number of hydrogen-bond donors (Lipinski definition) is 2. The zero-order chi connectivity index (χ0) is 14.3. The third kappa shape index (κ3) is 5.30. The number of hydrogen-bond acceptors (Lipinski definition) is 4. The van der Waals surface area contributed by atoms with E-state index in [0.29, 0.717) is 25.0 Å². The molecule has 19 heavy (non-hydrogen) atoms. The van der Waals surface area contributed by atoms with Gasteiger partial charge in [-0.25, -0.2) is 0 Å². The molecule has 0 saturated heterocycles. The number of Topliss-reactive ketones (excluding diaryl/α,β-unsaturated/α-hetero) is 1. The molecule has 1 rings (SSSR count). The van der Waals surface area contributed by atoms with Crippen LogP contribution in [-0.2, 0) is 11.2 Å². The second-order valence-corrected chi connectivity index (χ2v) is 4.69. The number of aromatic hydroxyl groups is 1. The van der Waals surface area contributed by atoms with Crippen LogP contribution in [0.15, 0.2) is 18.2 Å². The number of aliphatic hydroxyl groups is 1. The van der Waals surface area contributed by atoms with Gasteiger partial charge in [0, 0.05) is 12.8 Å². The van der Waals surface area contributed by atoms with E-state index in [1.54, 1.807) is 18.2 Å². The summed E-state index contributed by atoms with van der Waals surface area (Å²) < 4.78 is 5.02. The molecule has 0 fully saturated rings. The molecule has 2 N–H and O–H groups in total. The maximum Gasteiger partial charge on any atom is 0.160 e. The molecule has 0 amide bonds. The lowest BCUT2D eigenvalue weighted by atomic mass is 10.0. The minimum Gasteiger partial charge on any atom is -0.504 e. The summed E-state index contributed by atoms with van der Waals surface area (Å²) in [5.41, 5.74) is 0.969. The summed E-state index contributed by atoms with van der Waals surface area (Å²) in [6, 6.07) is 5.11. The van der Waals surface area contributed by atoms with E-state index < -0.39 is 6.10 Å². The van der Waals surface area contributed by atoms with Crippen LogP contribution in [0.25, 0.3) is 0 Å². The van der Waals surface area contributed by atoms with Crippen molar-refractivity contribution in [1.82, 2.24) is 0 Å². The molecule has 0 aliphatic rings. The second-order valence-electron chi connectivity index (χ2n) is 4.69. The van der Waals surface area contributed by atoms with Gasteiger partial charge >= 0.3 is 0 Å². The van der Waals surface area contributed by atoms with Crippen LogP contribution < -0.4 is 4.74 Å². The topological polar surface area (TPSA) is 66.8 Å². The standard InChI is InChI=1S/C15H22O4/c1-3-4-12(16)10-13(17)7-5-11-6-8-14(18)15(9-11)19-2/h6,8-9,13,17-18H,3-5,7,10H2,1-2H3/t13-/m0/s1. The fraction of sp³-hybridized carbons (Fsp3) is 0.533. The molecule has 1 atom stereocenters. The minimum absolute atomic E-state index is 0.102. The molecule has 0 bridgehead atoms. The Morgan fingerprint density at radius 3 is 2.79 bits per heavy atom. The van der Waals surface area contributed by atoms with Gasteiger partial charge < -0.3 is 14.9 Å². The zero-order valence-corrected chi connectivity index (χ0v) is 11.6. The third-order valence-corrected chi connectivity index (χ3v) is 3.00. The number of aliphatic hydroxyl groups excluding tert-OH is 1. The van der Waals surface area contributed by atoms with Gasteiger partial charge in [0.1, 0.15) is 5.78 Å². The summed E-state index contributed by atoms with van der Waals surface area (Å²) in [6.07, 6.45) is 2.16. The van der Waals surface area contributed by atoms with Gasteiger partial charge in [-0.15, -0.1) is 0 Å². The van der Waals surface area contributed by atoms with Gasteiger partial charge in [0.25, 0.3) is 0 Å². The molecule has 0 saturated carbocycles. The van der Waals surface area contributed by atoms with Crippen molar-refractivity contribution < 1.29 is 19.7 Å². The Bertz CT molecular complexity index is 415. The van der Waals surface area contributed by atoms with Crippen LogP contribution in [0.2, 0.25) is 0 Å². The Kier molecular flexibility index (Phi) is 6.36. The van der Waals surface area contributed by atoms with Gasteiger partial charge in [-0.3, -0.25) is 4.79 Å². The predicted molar refractivity (Wildman–Crippen MR) is 73.5 cm³/mol. The Labute approximate surface area is 114 Å². The Balaban J connectivity index is 2.45. The first-order valence-corrected chi connectivity index (χ1v) is 6.62. The quantitative estimate of drug-likeness (QED) is 0.758. The minimum atomic E-state index is -0.598. The molecule has 0 spiro atoms. The number of ketones is 1. The van der Waals surface area contributed by atoms with Crippen LogP contribution in [0.1, 0.15) is 38.2 Å². The third-order valence-electron chi connectivity index (χ3n) is 3.00. The zero-order valence-electron chi connectivity index (χ0n) is 11.6. The predicted octanol–water partition coefficient (Wildman–Crippen LogP) is 2.45. The van der Waals surface area contributed by atoms with Gasteiger partial charge in [0.05, 0.1) is 13.2 Å². The van der Waals surface area contributed by atoms with Gasteiger partial charge in [0.15, 0.2) is 11.5 Å². The molecule has 0 heterocycles. The number of aryl methyl sites for hydroxylation is 1. The first-order valence-electron chi connectivity index (χ1n) is 6.62. The molecule has 0 radical (unpaired) electrons. The molecule has 106 valence electrons. The summed E-state index contributed by atoms with van der Waals surface area (Å²) in [4.78, 5) is 11.4. The van der Waals surface area contributed by atoms with E-state index in [0.717, 1.165) is 12.0 Å².